The zero-order valence-corrected chi connectivity index (χ0v) is 15.8. The number of aromatic amines is 1. The predicted octanol–water partition coefficient (Wildman–Crippen LogP) is 3.07. The maximum Gasteiger partial charge on any atom is 0.139 e. The maximum absolute atomic E-state index is 4.71. The number of rotatable bonds is 3. The summed E-state index contributed by atoms with van der Waals surface area (Å²) < 4.78 is 0. The monoisotopic (exact) mass is 352 g/mol. The average molecular weight is 352 g/mol. The highest BCUT2D eigenvalue weighted by atomic mass is 15.4. The molecule has 6 heteroatoms. The Morgan fingerprint density at radius 2 is 2.15 bits per heavy atom. The Labute approximate surface area is 154 Å². The molecule has 138 valence electrons. The van der Waals surface area contributed by atoms with Crippen molar-refractivity contribution in [3.63, 3.8) is 0 Å². The van der Waals surface area contributed by atoms with E-state index >= 15 is 0 Å². The van der Waals surface area contributed by atoms with Gasteiger partial charge in [0, 0.05) is 31.2 Å². The lowest BCUT2D eigenvalue weighted by molar-refractivity contribution is 0.316. The minimum atomic E-state index is 0.622. The second-order valence-corrected chi connectivity index (χ2v) is 8.09. The molecule has 6 nitrogen and oxygen atoms in total. The van der Waals surface area contributed by atoms with Crippen molar-refractivity contribution in [3.8, 4) is 0 Å². The van der Waals surface area contributed by atoms with Crippen molar-refractivity contribution in [2.24, 2.45) is 10.9 Å². The molecule has 5 rings (SSSR count). The molecule has 1 aliphatic carbocycles. The van der Waals surface area contributed by atoms with Crippen LogP contribution in [0.15, 0.2) is 23.5 Å². The number of hydrogen-bond acceptors (Lipinski definition) is 5. The van der Waals surface area contributed by atoms with Crippen LogP contribution in [0.5, 0.6) is 0 Å². The van der Waals surface area contributed by atoms with Crippen LogP contribution >= 0.6 is 0 Å². The number of fused-ring (bicyclic) bond motifs is 3. The van der Waals surface area contributed by atoms with E-state index in [0.717, 1.165) is 37.9 Å². The summed E-state index contributed by atoms with van der Waals surface area (Å²) in [6.45, 7) is 6.21. The SMILES string of the molecule is C[C@@H]1CCCC[C@@H]1N1CN(CC2=NCCN2C)c2cnc3[nH]ccc3c21. The van der Waals surface area contributed by atoms with E-state index in [1.54, 1.807) is 0 Å². The fourth-order valence-electron chi connectivity index (χ4n) is 4.93. The number of H-pyrrole nitrogens is 1. The van der Waals surface area contributed by atoms with E-state index in [-0.39, 0.29) is 0 Å². The van der Waals surface area contributed by atoms with Gasteiger partial charge in [0.05, 0.1) is 37.3 Å². The summed E-state index contributed by atoms with van der Waals surface area (Å²) in [5.74, 6) is 1.94. The Bertz CT molecular complexity index is 840. The first-order valence-corrected chi connectivity index (χ1v) is 9.94. The summed E-state index contributed by atoms with van der Waals surface area (Å²) in [6, 6.07) is 2.81. The van der Waals surface area contributed by atoms with E-state index in [1.807, 2.05) is 6.20 Å². The van der Waals surface area contributed by atoms with Gasteiger partial charge in [0.2, 0.25) is 0 Å². The first-order chi connectivity index (χ1) is 12.7. The van der Waals surface area contributed by atoms with E-state index < -0.39 is 0 Å². The third-order valence-corrected chi connectivity index (χ3v) is 6.46. The Hall–Kier alpha value is -2.24. The van der Waals surface area contributed by atoms with Gasteiger partial charge in [-0.05, 0) is 24.8 Å². The first kappa shape index (κ1) is 16.0. The molecule has 0 spiro atoms. The van der Waals surface area contributed by atoms with Crippen LogP contribution in [-0.4, -0.2) is 60.1 Å². The van der Waals surface area contributed by atoms with Crippen molar-refractivity contribution in [3.05, 3.63) is 18.5 Å². The topological polar surface area (TPSA) is 50.8 Å². The van der Waals surface area contributed by atoms with Gasteiger partial charge in [0.1, 0.15) is 11.5 Å². The molecule has 1 fully saturated rings. The summed E-state index contributed by atoms with van der Waals surface area (Å²) in [7, 11) is 2.15. The maximum atomic E-state index is 4.71. The van der Waals surface area contributed by atoms with Crippen molar-refractivity contribution in [2.75, 3.05) is 43.2 Å². The molecule has 4 heterocycles. The molecule has 2 aromatic rings. The number of hydrogen-bond donors (Lipinski definition) is 1. The van der Waals surface area contributed by atoms with Crippen molar-refractivity contribution in [2.45, 2.75) is 38.6 Å². The van der Waals surface area contributed by atoms with Crippen molar-refractivity contribution in [1.29, 1.82) is 0 Å². The summed E-state index contributed by atoms with van der Waals surface area (Å²) in [6.07, 6.45) is 9.42. The fourth-order valence-corrected chi connectivity index (χ4v) is 4.93. The fraction of sp³-hybridized carbons (Fsp3) is 0.600. The smallest absolute Gasteiger partial charge is 0.139 e. The van der Waals surface area contributed by atoms with Crippen molar-refractivity contribution >= 4 is 28.2 Å². The van der Waals surface area contributed by atoms with E-state index in [2.05, 4.69) is 50.9 Å². The minimum Gasteiger partial charge on any atom is -0.360 e. The van der Waals surface area contributed by atoms with Gasteiger partial charge in [-0.3, -0.25) is 4.99 Å². The van der Waals surface area contributed by atoms with Crippen molar-refractivity contribution in [1.82, 2.24) is 14.9 Å². The Balaban J connectivity index is 1.54. The normalized spacial score (nSPS) is 25.9. The lowest BCUT2D eigenvalue weighted by Crippen LogP contribution is -2.45. The molecule has 0 radical (unpaired) electrons. The predicted molar refractivity (Wildman–Crippen MR) is 107 cm³/mol. The molecular formula is C20H28N6. The number of nitrogens with one attached hydrogen (secondary N) is 1. The molecule has 0 bridgehead atoms. The van der Waals surface area contributed by atoms with Gasteiger partial charge < -0.3 is 19.7 Å². The Kier molecular flexibility index (Phi) is 3.80. The molecule has 2 atom stereocenters. The molecule has 2 aliphatic heterocycles. The number of amidine groups is 1. The van der Waals surface area contributed by atoms with Crippen LogP contribution in [0.25, 0.3) is 11.0 Å². The first-order valence-electron chi connectivity index (χ1n) is 9.94. The van der Waals surface area contributed by atoms with E-state index in [0.29, 0.717) is 6.04 Å². The molecule has 0 aromatic carbocycles. The molecule has 3 aliphatic rings. The second-order valence-electron chi connectivity index (χ2n) is 8.09. The van der Waals surface area contributed by atoms with Gasteiger partial charge in [-0.25, -0.2) is 4.98 Å². The highest BCUT2D eigenvalue weighted by Crippen LogP contribution is 2.44. The van der Waals surface area contributed by atoms with Gasteiger partial charge >= 0.3 is 0 Å². The molecule has 2 aromatic heterocycles. The number of nitrogens with zero attached hydrogens (tertiary/aromatic N) is 5. The minimum absolute atomic E-state index is 0.622. The molecule has 0 unspecified atom stereocenters. The lowest BCUT2D eigenvalue weighted by atomic mass is 9.85. The highest BCUT2D eigenvalue weighted by Gasteiger charge is 2.37. The van der Waals surface area contributed by atoms with Crippen LogP contribution in [0.4, 0.5) is 11.4 Å². The molecular weight excluding hydrogens is 324 g/mol. The Morgan fingerprint density at radius 3 is 2.96 bits per heavy atom. The van der Waals surface area contributed by atoms with Crippen LogP contribution < -0.4 is 9.80 Å². The molecule has 0 amide bonds. The van der Waals surface area contributed by atoms with Crippen LogP contribution in [0.3, 0.4) is 0 Å². The zero-order valence-electron chi connectivity index (χ0n) is 15.8. The van der Waals surface area contributed by atoms with Gasteiger partial charge in [-0.15, -0.1) is 0 Å². The third kappa shape index (κ3) is 2.46. The number of aromatic nitrogens is 2. The summed E-state index contributed by atoms with van der Waals surface area (Å²) in [5, 5.41) is 1.25. The number of pyridine rings is 1. The van der Waals surface area contributed by atoms with Gasteiger partial charge in [0.15, 0.2) is 0 Å². The number of anilines is 2. The van der Waals surface area contributed by atoms with Crippen LogP contribution in [0.2, 0.25) is 0 Å². The van der Waals surface area contributed by atoms with Crippen LogP contribution in [0.1, 0.15) is 32.6 Å². The largest absolute Gasteiger partial charge is 0.360 e. The molecule has 26 heavy (non-hydrogen) atoms. The van der Waals surface area contributed by atoms with E-state index in [9.17, 15) is 0 Å². The highest BCUT2D eigenvalue weighted by molar-refractivity contribution is 6.01. The third-order valence-electron chi connectivity index (χ3n) is 6.46. The summed E-state index contributed by atoms with van der Waals surface area (Å²) in [4.78, 5) is 20.1. The number of likely N-dealkylation sites (N-methyl/N-ethyl adjacent to an activating group) is 1. The molecule has 1 N–H and O–H groups in total. The Morgan fingerprint density at radius 1 is 1.27 bits per heavy atom. The van der Waals surface area contributed by atoms with Crippen molar-refractivity contribution < 1.29 is 0 Å². The second kappa shape index (κ2) is 6.18. The standard InChI is InChI=1S/C20H28N6/c1-14-5-3-4-6-16(14)26-13-25(12-18-21-9-10-24(18)2)17-11-23-20-15(19(17)26)7-8-22-20/h7-8,11,14,16H,3-6,9-10,12-13H2,1-2H3,(H,22,23)/t14-,16+/m1/s1. The molecule has 1 saturated carbocycles. The van der Waals surface area contributed by atoms with Gasteiger partial charge in [-0.2, -0.15) is 0 Å². The van der Waals surface area contributed by atoms with Gasteiger partial charge in [0.25, 0.3) is 0 Å². The summed E-state index contributed by atoms with van der Waals surface area (Å²) >= 11 is 0. The van der Waals surface area contributed by atoms with E-state index in [4.69, 9.17) is 4.99 Å². The zero-order chi connectivity index (χ0) is 17.7. The quantitative estimate of drug-likeness (QED) is 0.922. The van der Waals surface area contributed by atoms with Crippen LogP contribution in [0, 0.1) is 5.92 Å². The average Bonchev–Trinajstić information content (AvgIpc) is 3.35. The lowest BCUT2D eigenvalue weighted by Gasteiger charge is -2.38. The summed E-state index contributed by atoms with van der Waals surface area (Å²) in [5.41, 5.74) is 3.63. The molecule has 0 saturated heterocycles. The van der Waals surface area contributed by atoms with Gasteiger partial charge in [-0.1, -0.05) is 19.8 Å². The van der Waals surface area contributed by atoms with Crippen LogP contribution in [-0.2, 0) is 0 Å². The van der Waals surface area contributed by atoms with E-state index in [1.165, 1.54) is 48.3 Å². The number of aliphatic imine (C=N–C) groups is 1.